The fraction of sp³-hybridized carbons (Fsp3) is 0.404. The number of H-pyrrole nitrogens is 1. The van der Waals surface area contributed by atoms with Gasteiger partial charge in [0.05, 0.1) is 22.8 Å². The quantitative estimate of drug-likeness (QED) is 0.131. The number of carbonyl (C=O) groups excluding carboxylic acids is 3. The summed E-state index contributed by atoms with van der Waals surface area (Å²) in [6.07, 6.45) is 5.69. The number of piperidine rings is 1. The van der Waals surface area contributed by atoms with Gasteiger partial charge >= 0.3 is 17.8 Å². The molecule has 17 heteroatoms. The summed E-state index contributed by atoms with van der Waals surface area (Å²) in [4.78, 5) is 66.7. The van der Waals surface area contributed by atoms with Crippen LogP contribution >= 0.6 is 0 Å². The zero-order valence-electron chi connectivity index (χ0n) is 36.8. The van der Waals surface area contributed by atoms with Crippen LogP contribution in [-0.4, -0.2) is 105 Å². The zero-order valence-corrected chi connectivity index (χ0v) is 36.8. The number of aromatic amines is 1. The molecule has 2 aromatic carbocycles. The summed E-state index contributed by atoms with van der Waals surface area (Å²) in [5.74, 6) is 0.717. The maximum Gasteiger partial charge on any atom is 0.328 e. The Morgan fingerprint density at radius 1 is 0.906 bits per heavy atom. The van der Waals surface area contributed by atoms with E-state index < -0.39 is 11.7 Å². The number of halogens is 1. The average molecular weight is 869 g/mol. The van der Waals surface area contributed by atoms with Crippen LogP contribution in [0.3, 0.4) is 0 Å². The molecule has 4 aromatic heterocycles. The number of aromatic nitrogens is 6. The third-order valence-corrected chi connectivity index (χ3v) is 12.6. The van der Waals surface area contributed by atoms with E-state index in [1.807, 2.05) is 77.1 Å². The van der Waals surface area contributed by atoms with Gasteiger partial charge < -0.3 is 24.6 Å². The highest BCUT2D eigenvalue weighted by Gasteiger charge is 2.29. The topological polar surface area (TPSA) is 182 Å². The van der Waals surface area contributed by atoms with Crippen LogP contribution in [0.15, 0.2) is 71.6 Å². The third kappa shape index (κ3) is 8.76. The van der Waals surface area contributed by atoms with E-state index in [0.717, 1.165) is 92.5 Å². The van der Waals surface area contributed by atoms with E-state index in [4.69, 9.17) is 9.51 Å². The van der Waals surface area contributed by atoms with Crippen LogP contribution in [0.5, 0.6) is 0 Å². The van der Waals surface area contributed by atoms with Gasteiger partial charge in [0.2, 0.25) is 5.91 Å². The van der Waals surface area contributed by atoms with Crippen molar-refractivity contribution in [3.63, 3.8) is 0 Å². The highest BCUT2D eigenvalue weighted by molar-refractivity contribution is 6.05. The number of nitrogens with one attached hydrogen (secondary N) is 3. The molecule has 0 saturated carbocycles. The first-order chi connectivity index (χ1) is 30.8. The molecule has 64 heavy (non-hydrogen) atoms. The van der Waals surface area contributed by atoms with Gasteiger partial charge in [0.15, 0.2) is 11.6 Å². The van der Waals surface area contributed by atoms with Crippen LogP contribution in [0.25, 0.3) is 33.5 Å². The Bertz CT molecular complexity index is 2680. The van der Waals surface area contributed by atoms with E-state index in [1.54, 1.807) is 11.1 Å². The van der Waals surface area contributed by atoms with Gasteiger partial charge in [0.25, 0.3) is 0 Å². The Morgan fingerprint density at radius 2 is 1.64 bits per heavy atom. The van der Waals surface area contributed by atoms with E-state index >= 15 is 4.39 Å². The molecule has 7 heterocycles. The van der Waals surface area contributed by atoms with Gasteiger partial charge in [-0.1, -0.05) is 38.1 Å². The fourth-order valence-electron chi connectivity index (χ4n) is 8.94. The van der Waals surface area contributed by atoms with Gasteiger partial charge in [-0.3, -0.25) is 24.7 Å². The molecule has 3 N–H and O–H groups in total. The number of anilines is 3. The molecule has 6 aromatic rings. The van der Waals surface area contributed by atoms with Crippen molar-refractivity contribution in [3.05, 3.63) is 95.8 Å². The fourth-order valence-corrected chi connectivity index (χ4v) is 8.94. The van der Waals surface area contributed by atoms with Crippen molar-refractivity contribution in [2.24, 2.45) is 5.92 Å². The smallest absolute Gasteiger partial charge is 0.328 e. The maximum absolute atomic E-state index is 16.4. The first-order valence-corrected chi connectivity index (χ1v) is 22.0. The molecular formula is C47H53FN12O4. The zero-order chi connectivity index (χ0) is 44.7. The van der Waals surface area contributed by atoms with Crippen molar-refractivity contribution < 1.29 is 23.3 Å². The molecule has 16 nitrogen and oxygen atoms in total. The number of hydrogen-bond donors (Lipinski definition) is 3. The minimum Gasteiger partial charge on any atom is -0.372 e. The molecule has 0 bridgehead atoms. The molecule has 3 saturated heterocycles. The van der Waals surface area contributed by atoms with Crippen molar-refractivity contribution in [1.82, 2.24) is 45.6 Å². The summed E-state index contributed by atoms with van der Waals surface area (Å²) in [5, 5.41) is 9.58. The number of fused-ring (bicyclic) bond motifs is 1. The predicted octanol–water partition coefficient (Wildman–Crippen LogP) is 6.79. The number of benzene rings is 2. The minimum atomic E-state index is -0.460. The number of piperazine rings is 1. The number of carbonyl (C=O) groups is 3. The normalized spacial score (nSPS) is 17.2. The monoisotopic (exact) mass is 868 g/mol. The number of pyridine rings is 1. The molecule has 3 aliphatic rings. The number of rotatable bonds is 10. The summed E-state index contributed by atoms with van der Waals surface area (Å²) in [7, 11) is 0. The summed E-state index contributed by atoms with van der Waals surface area (Å²) in [6, 6.07) is 16.9. The van der Waals surface area contributed by atoms with Gasteiger partial charge in [0, 0.05) is 92.9 Å². The largest absolute Gasteiger partial charge is 0.372 e. The molecule has 332 valence electrons. The van der Waals surface area contributed by atoms with Crippen molar-refractivity contribution in [2.45, 2.75) is 65.3 Å². The molecule has 1 atom stereocenters. The highest BCUT2D eigenvalue weighted by atomic mass is 19.1. The number of aryl methyl sites for hydroxylation is 1. The molecule has 3 fully saturated rings. The molecule has 0 unspecified atom stereocenters. The van der Waals surface area contributed by atoms with E-state index in [-0.39, 0.29) is 29.3 Å². The lowest BCUT2D eigenvalue weighted by Gasteiger charge is -2.39. The lowest BCUT2D eigenvalue weighted by molar-refractivity contribution is -0.120. The molecular weight excluding hydrogens is 816 g/mol. The molecule has 9 rings (SSSR count). The number of urea groups is 1. The molecule has 4 amide bonds. The Labute approximate surface area is 370 Å². The lowest BCUT2D eigenvalue weighted by atomic mass is 9.95. The second-order valence-corrected chi connectivity index (χ2v) is 18.1. The van der Waals surface area contributed by atoms with Crippen LogP contribution in [0.2, 0.25) is 0 Å². The molecule has 0 aliphatic carbocycles. The van der Waals surface area contributed by atoms with Gasteiger partial charge in [-0.15, -0.1) is 0 Å². The van der Waals surface area contributed by atoms with Crippen LogP contribution in [0.1, 0.15) is 80.6 Å². The van der Waals surface area contributed by atoms with Crippen LogP contribution in [0, 0.1) is 18.7 Å². The van der Waals surface area contributed by atoms with E-state index in [2.05, 4.69) is 62.6 Å². The second-order valence-electron chi connectivity index (χ2n) is 18.1. The predicted molar refractivity (Wildman–Crippen MR) is 242 cm³/mol. The number of amides is 4. The first kappa shape index (κ1) is 42.5. The van der Waals surface area contributed by atoms with Crippen molar-refractivity contribution in [2.75, 3.05) is 67.1 Å². The Hall–Kier alpha value is -6.75. The van der Waals surface area contributed by atoms with E-state index in [0.29, 0.717) is 52.7 Å². The number of nitrogens with zero attached hydrogens (tertiary/aromatic N) is 9. The number of hydrogen-bond acceptors (Lipinski definition) is 12. The maximum atomic E-state index is 16.4. The van der Waals surface area contributed by atoms with E-state index in [1.165, 1.54) is 6.33 Å². The minimum absolute atomic E-state index is 0.0911. The highest BCUT2D eigenvalue weighted by Crippen LogP contribution is 2.35. The lowest BCUT2D eigenvalue weighted by Crippen LogP contribution is -2.49. The molecule has 0 radical (unpaired) electrons. The summed E-state index contributed by atoms with van der Waals surface area (Å²) < 4.78 is 21.6. The van der Waals surface area contributed by atoms with Gasteiger partial charge in [-0.05, 0) is 86.2 Å². The summed E-state index contributed by atoms with van der Waals surface area (Å²) >= 11 is 0. The van der Waals surface area contributed by atoms with Crippen molar-refractivity contribution in [1.29, 1.82) is 0 Å². The number of imide groups is 1. The summed E-state index contributed by atoms with van der Waals surface area (Å²) in [6.45, 7) is 16.7. The van der Waals surface area contributed by atoms with Gasteiger partial charge in [-0.2, -0.15) is 4.98 Å². The Balaban J connectivity index is 0.783. The second kappa shape index (κ2) is 17.4. The van der Waals surface area contributed by atoms with Gasteiger partial charge in [-0.25, -0.2) is 24.1 Å². The van der Waals surface area contributed by atoms with Gasteiger partial charge in [0.1, 0.15) is 17.8 Å². The van der Waals surface area contributed by atoms with Crippen LogP contribution < -0.4 is 25.3 Å². The first-order valence-electron chi connectivity index (χ1n) is 22.0. The molecule has 0 spiro atoms. The SMILES string of the molecule is Cc1cc(-c2ncnc3[nH]c(-c4ccc(N5CCN(CC6CCN(c7ccc(N8CCC(=O)NC8=O)cc7)CC6)CC5)nc4)c(F)c23)ccc1[C@@H](C)NC(=O)c1nc(C(C)(C)C)no1. The van der Waals surface area contributed by atoms with Crippen LogP contribution in [-0.2, 0) is 10.2 Å². The van der Waals surface area contributed by atoms with Crippen molar-refractivity contribution in [3.8, 4) is 22.5 Å². The molecule has 3 aliphatic heterocycles. The third-order valence-electron chi connectivity index (χ3n) is 12.6. The summed E-state index contributed by atoms with van der Waals surface area (Å²) in [5.41, 5.74) is 5.85. The van der Waals surface area contributed by atoms with Crippen LogP contribution in [0.4, 0.5) is 26.4 Å². The van der Waals surface area contributed by atoms with E-state index in [9.17, 15) is 14.4 Å². The average Bonchev–Trinajstić information content (AvgIpc) is 3.93. The standard InChI is InChI=1S/C47H53FN12O4/c1-28-24-31(6-12-35(28)29(2)52-43(62)44-55-45(56-64-44)47(3,4)5)40-38-39(48)41(54-42(38)51-27-50-40)32-7-13-36(49-25-32)59-22-20-57(21-23-59)26-30-14-17-58(18-15-30)33-8-10-34(11-9-33)60-19-16-37(61)53-46(60)63/h6-13,24-25,27,29-30H,14-23,26H2,1-5H3,(H,52,62)(H,50,51,54)(H,53,61,63)/t29-/m1/s1. The van der Waals surface area contributed by atoms with Crippen molar-refractivity contribution >= 4 is 46.1 Å². The Morgan fingerprint density at radius 3 is 2.31 bits per heavy atom. The Kier molecular flexibility index (Phi) is 11.6.